The fourth-order valence-corrected chi connectivity index (χ4v) is 8.45. The number of hydrogen-bond donors (Lipinski definition) is 6. The number of rotatable bonds is 7. The molecule has 0 heterocycles. The van der Waals surface area contributed by atoms with E-state index in [1.165, 1.54) is 13.8 Å². The average Bonchev–Trinajstić information content (AvgIpc) is 2.58. The molecule has 2 amide bonds. The number of nitrogens with one attached hydrogen (secondary N) is 2. The van der Waals surface area contributed by atoms with E-state index < -0.39 is 56.9 Å². The molecule has 0 unspecified atom stereocenters. The summed E-state index contributed by atoms with van der Waals surface area (Å²) >= 11 is 4.48. The van der Waals surface area contributed by atoms with E-state index in [1.54, 1.807) is 0 Å². The Bertz CT molecular complexity index is 914. The van der Waals surface area contributed by atoms with Crippen molar-refractivity contribution in [2.24, 2.45) is 0 Å². The van der Waals surface area contributed by atoms with Crippen LogP contribution in [0.15, 0.2) is 28.0 Å². The van der Waals surface area contributed by atoms with E-state index in [4.69, 9.17) is 0 Å². The van der Waals surface area contributed by atoms with Crippen molar-refractivity contribution >= 4 is 76.8 Å². The van der Waals surface area contributed by atoms with Gasteiger partial charge in [0.15, 0.2) is 0 Å². The SMILES string of the molecule is CC(S)S.CCC(=O)N[As](NC(=O)CC)c1cccc(S(=O)(=O)O)c1S(=O)(=O)O. The molecule has 10 nitrogen and oxygen atoms in total. The number of amides is 2. The van der Waals surface area contributed by atoms with Crippen LogP contribution in [0.2, 0.25) is 0 Å². The molecule has 1 aromatic carbocycles. The molecule has 0 fully saturated rings. The number of hydrogen-bond acceptors (Lipinski definition) is 8. The van der Waals surface area contributed by atoms with Crippen molar-refractivity contribution < 1.29 is 35.5 Å². The van der Waals surface area contributed by atoms with Crippen molar-refractivity contribution in [1.29, 1.82) is 0 Å². The van der Waals surface area contributed by atoms with Crippen molar-refractivity contribution in [3.05, 3.63) is 18.2 Å². The summed E-state index contributed by atoms with van der Waals surface area (Å²) in [5.41, 5.74) is 0. The van der Waals surface area contributed by atoms with Crippen molar-refractivity contribution in [3.8, 4) is 0 Å². The average molecular weight is 551 g/mol. The molecule has 0 aromatic heterocycles. The summed E-state index contributed by atoms with van der Waals surface area (Å²) in [5.74, 6) is -1.01. The summed E-state index contributed by atoms with van der Waals surface area (Å²) in [6, 6.07) is 3.08. The van der Waals surface area contributed by atoms with Crippen LogP contribution < -0.4 is 12.8 Å². The third kappa shape index (κ3) is 10.2. The van der Waals surface area contributed by atoms with Crippen LogP contribution in [0, 0.1) is 0 Å². The molecule has 0 radical (unpaired) electrons. The number of thiol groups is 2. The van der Waals surface area contributed by atoms with E-state index in [0.717, 1.165) is 18.2 Å². The normalized spacial score (nSPS) is 11.6. The Kier molecular flexibility index (Phi) is 11.9. The van der Waals surface area contributed by atoms with Crippen LogP contribution in [0.1, 0.15) is 33.6 Å². The van der Waals surface area contributed by atoms with E-state index in [-0.39, 0.29) is 21.8 Å². The molecule has 0 atom stereocenters. The second-order valence-electron chi connectivity index (χ2n) is 5.30. The molecule has 1 rings (SSSR count). The molecule has 29 heavy (non-hydrogen) atoms. The predicted octanol–water partition coefficient (Wildman–Crippen LogP) is 0.120. The molecule has 0 aliphatic heterocycles. The topological polar surface area (TPSA) is 167 Å². The summed E-state index contributed by atoms with van der Waals surface area (Å²) in [6.07, 6.45) is 0.0683. The van der Waals surface area contributed by atoms with Crippen LogP contribution in [-0.4, -0.2) is 57.4 Å². The monoisotopic (exact) mass is 550 g/mol. The Hall–Kier alpha value is -0.762. The Morgan fingerprint density at radius 2 is 1.41 bits per heavy atom. The van der Waals surface area contributed by atoms with Gasteiger partial charge in [-0.3, -0.25) is 0 Å². The molecule has 4 N–H and O–H groups in total. The quantitative estimate of drug-likeness (QED) is 0.121. The number of carbonyl (C=O) groups excluding carboxylic acids is 2. The first-order valence-electron chi connectivity index (χ1n) is 7.98. The molecule has 0 aliphatic rings. The zero-order valence-corrected chi connectivity index (χ0v) is 21.0. The first kappa shape index (κ1) is 28.2. The third-order valence-electron chi connectivity index (χ3n) is 2.85. The summed E-state index contributed by atoms with van der Waals surface area (Å²) in [4.78, 5) is 21.3. The van der Waals surface area contributed by atoms with E-state index in [9.17, 15) is 35.5 Å². The third-order valence-corrected chi connectivity index (χ3v) is 8.94. The van der Waals surface area contributed by atoms with Gasteiger partial charge in [-0.25, -0.2) is 0 Å². The predicted molar refractivity (Wildman–Crippen MR) is 116 cm³/mol. The second kappa shape index (κ2) is 12.2. The molecule has 0 saturated heterocycles. The Morgan fingerprint density at radius 1 is 1.00 bits per heavy atom. The van der Waals surface area contributed by atoms with Crippen molar-refractivity contribution in [3.63, 3.8) is 0 Å². The second-order valence-corrected chi connectivity index (χ2v) is 13.4. The summed E-state index contributed by atoms with van der Waals surface area (Å²) in [7, 11) is -10.1. The van der Waals surface area contributed by atoms with E-state index in [0.29, 0.717) is 0 Å². The van der Waals surface area contributed by atoms with Crippen LogP contribution in [-0.2, 0) is 29.8 Å². The first-order valence-corrected chi connectivity index (χ1v) is 14.7. The van der Waals surface area contributed by atoms with Gasteiger partial charge in [0.05, 0.1) is 0 Å². The van der Waals surface area contributed by atoms with Gasteiger partial charge in [-0.2, -0.15) is 25.3 Å². The van der Waals surface area contributed by atoms with E-state index >= 15 is 0 Å². The van der Waals surface area contributed by atoms with Gasteiger partial charge >= 0.3 is 150 Å². The van der Waals surface area contributed by atoms with E-state index in [1.807, 2.05) is 6.92 Å². The molecule has 15 heteroatoms. The Labute approximate surface area is 186 Å². The molecule has 0 spiro atoms. The summed E-state index contributed by atoms with van der Waals surface area (Å²) < 4.78 is 69.9. The van der Waals surface area contributed by atoms with Crippen LogP contribution in [0.25, 0.3) is 0 Å². The summed E-state index contributed by atoms with van der Waals surface area (Å²) in [5, 5.41) is 0. The van der Waals surface area contributed by atoms with Crippen molar-refractivity contribution in [2.45, 2.75) is 48.0 Å². The van der Waals surface area contributed by atoms with Crippen molar-refractivity contribution in [2.75, 3.05) is 0 Å². The van der Waals surface area contributed by atoms with Crippen LogP contribution in [0.4, 0.5) is 0 Å². The van der Waals surface area contributed by atoms with Gasteiger partial charge in [0.1, 0.15) is 0 Å². The van der Waals surface area contributed by atoms with Crippen LogP contribution in [0.3, 0.4) is 0 Å². The molecule has 166 valence electrons. The molecule has 0 saturated carbocycles. The number of benzene rings is 1. The van der Waals surface area contributed by atoms with Crippen LogP contribution >= 0.6 is 25.3 Å². The fraction of sp³-hybridized carbons (Fsp3) is 0.429. The van der Waals surface area contributed by atoms with Crippen LogP contribution in [0.5, 0.6) is 0 Å². The standard InChI is InChI=1S/C12H17AsN2O8S2.C2H6S2/c1-3-10(16)14-13(15-11(17)4-2)8-6-5-7-9(24(18,19)20)12(8)25(21,22)23;1-2(3)4/h5-7H,3-4H2,1-2H3,(H,14,16)(H,15,17)(H,18,19,20)(H,21,22,23);2-4H,1H3. The van der Waals surface area contributed by atoms with Gasteiger partial charge in [-0.05, 0) is 6.92 Å². The Balaban J connectivity index is 0.00000178. The van der Waals surface area contributed by atoms with E-state index in [2.05, 4.69) is 33.7 Å². The maximum atomic E-state index is 11.7. The zero-order valence-electron chi connectivity index (χ0n) is 15.7. The number of carbonyl (C=O) groups is 2. The molecule has 1 aromatic rings. The molecular formula is C14H23AsN2O8S4. The van der Waals surface area contributed by atoms with Crippen molar-refractivity contribution in [1.82, 2.24) is 8.47 Å². The van der Waals surface area contributed by atoms with Gasteiger partial charge in [-0.1, -0.05) is 0 Å². The molecule has 0 aliphatic carbocycles. The Morgan fingerprint density at radius 3 is 1.72 bits per heavy atom. The van der Waals surface area contributed by atoms with Gasteiger partial charge in [-0.15, -0.1) is 0 Å². The van der Waals surface area contributed by atoms with Gasteiger partial charge in [0.2, 0.25) is 0 Å². The minimum absolute atomic E-state index is 0.0342. The fourth-order valence-electron chi connectivity index (χ4n) is 1.70. The first-order chi connectivity index (χ1) is 13.1. The van der Waals surface area contributed by atoms with Gasteiger partial charge < -0.3 is 0 Å². The van der Waals surface area contributed by atoms with Gasteiger partial charge in [0.25, 0.3) is 0 Å². The maximum absolute atomic E-state index is 11.7. The molecular weight excluding hydrogens is 527 g/mol. The molecule has 0 bridgehead atoms. The minimum atomic E-state index is -5.08. The zero-order chi connectivity index (χ0) is 23.0. The van der Waals surface area contributed by atoms with Gasteiger partial charge in [0, 0.05) is 4.58 Å². The summed E-state index contributed by atoms with van der Waals surface area (Å²) in [6.45, 7) is 4.95.